The predicted molar refractivity (Wildman–Crippen MR) is 50.9 cm³/mol. The van der Waals surface area contributed by atoms with Crippen LogP contribution in [-0.2, 0) is 11.2 Å². The average Bonchev–Trinajstić information content (AvgIpc) is 2.06. The second-order valence-corrected chi connectivity index (χ2v) is 3.52. The van der Waals surface area contributed by atoms with Crippen LogP contribution >= 0.6 is 11.6 Å². The first-order valence-corrected chi connectivity index (χ1v) is 4.50. The summed E-state index contributed by atoms with van der Waals surface area (Å²) in [5.41, 5.74) is 2.70. The Kier molecular flexibility index (Phi) is 1.96. The first-order chi connectivity index (χ1) is 6.16. The molecule has 13 heavy (non-hydrogen) atoms. The number of carbonyl (C=O) groups is 1. The number of halogens is 1. The van der Waals surface area contributed by atoms with Crippen molar-refractivity contribution in [2.45, 2.75) is 19.8 Å². The van der Waals surface area contributed by atoms with Crippen molar-refractivity contribution in [3.63, 3.8) is 0 Å². The van der Waals surface area contributed by atoms with E-state index in [9.17, 15) is 4.79 Å². The van der Waals surface area contributed by atoms with Gasteiger partial charge in [-0.3, -0.25) is 4.79 Å². The summed E-state index contributed by atoms with van der Waals surface area (Å²) in [5, 5.41) is 3.29. The van der Waals surface area contributed by atoms with E-state index >= 15 is 0 Å². The molecule has 0 saturated heterocycles. The Morgan fingerprint density at radius 2 is 2.31 bits per heavy atom. The highest BCUT2D eigenvalue weighted by atomic mass is 35.5. The lowest BCUT2D eigenvalue weighted by Crippen LogP contribution is -2.20. The van der Waals surface area contributed by atoms with Crippen molar-refractivity contribution in [1.82, 2.24) is 4.98 Å². The van der Waals surface area contributed by atoms with E-state index in [4.69, 9.17) is 11.6 Å². The van der Waals surface area contributed by atoms with Gasteiger partial charge in [0.25, 0.3) is 0 Å². The van der Waals surface area contributed by atoms with Gasteiger partial charge in [-0.25, -0.2) is 4.98 Å². The second kappa shape index (κ2) is 3.00. The van der Waals surface area contributed by atoms with Crippen LogP contribution in [-0.4, -0.2) is 10.9 Å². The Morgan fingerprint density at radius 3 is 3.08 bits per heavy atom. The summed E-state index contributed by atoms with van der Waals surface area (Å²) in [6.07, 6.45) is 1.18. The molecule has 2 rings (SSSR count). The third-order valence-corrected chi connectivity index (χ3v) is 2.31. The number of aromatic nitrogens is 1. The molecule has 1 aliphatic heterocycles. The molecule has 0 bridgehead atoms. The number of pyridine rings is 1. The zero-order chi connectivity index (χ0) is 9.42. The number of nitrogens with one attached hydrogen (secondary N) is 1. The summed E-state index contributed by atoms with van der Waals surface area (Å²) in [5.74, 6) is 0.0553. The molecule has 0 atom stereocenters. The van der Waals surface area contributed by atoms with Crippen LogP contribution in [0, 0.1) is 6.92 Å². The summed E-state index contributed by atoms with van der Waals surface area (Å²) >= 11 is 5.79. The van der Waals surface area contributed by atoms with E-state index in [0.717, 1.165) is 16.9 Å². The maximum absolute atomic E-state index is 11.1. The van der Waals surface area contributed by atoms with Gasteiger partial charge in [0.1, 0.15) is 5.15 Å². The third kappa shape index (κ3) is 1.52. The summed E-state index contributed by atoms with van der Waals surface area (Å²) in [6.45, 7) is 1.91. The number of hydrogen-bond acceptors (Lipinski definition) is 2. The van der Waals surface area contributed by atoms with Gasteiger partial charge >= 0.3 is 0 Å². The van der Waals surface area contributed by atoms with Gasteiger partial charge in [-0.1, -0.05) is 11.6 Å². The molecule has 0 saturated carbocycles. The normalized spacial score (nSPS) is 15.1. The van der Waals surface area contributed by atoms with Crippen LogP contribution < -0.4 is 5.32 Å². The minimum Gasteiger partial charge on any atom is -0.324 e. The van der Waals surface area contributed by atoms with E-state index in [1.165, 1.54) is 0 Å². The maximum atomic E-state index is 11.1. The van der Waals surface area contributed by atoms with Crippen LogP contribution in [0.25, 0.3) is 0 Å². The Balaban J connectivity index is 2.53. The molecule has 3 nitrogen and oxygen atoms in total. The van der Waals surface area contributed by atoms with Crippen LogP contribution in [0.15, 0.2) is 6.07 Å². The molecule has 0 fully saturated rings. The number of fused-ring (bicyclic) bond motifs is 1. The van der Waals surface area contributed by atoms with E-state index in [1.54, 1.807) is 6.07 Å². The Morgan fingerprint density at radius 1 is 1.54 bits per heavy atom. The van der Waals surface area contributed by atoms with Gasteiger partial charge in [-0.2, -0.15) is 0 Å². The smallest absolute Gasteiger partial charge is 0.224 e. The molecule has 0 aliphatic carbocycles. The quantitative estimate of drug-likeness (QED) is 0.645. The zero-order valence-corrected chi connectivity index (χ0v) is 7.98. The summed E-state index contributed by atoms with van der Waals surface area (Å²) in [7, 11) is 0. The molecule has 1 aromatic heterocycles. The maximum Gasteiger partial charge on any atom is 0.224 e. The molecule has 1 N–H and O–H groups in total. The highest BCUT2D eigenvalue weighted by molar-refractivity contribution is 6.29. The van der Waals surface area contributed by atoms with Crippen LogP contribution in [0.4, 0.5) is 5.69 Å². The van der Waals surface area contributed by atoms with Crippen molar-refractivity contribution >= 4 is 23.2 Å². The fraction of sp³-hybridized carbons (Fsp3) is 0.333. The molecular formula is C9H9ClN2O. The number of amides is 1. The van der Waals surface area contributed by atoms with E-state index in [0.29, 0.717) is 18.0 Å². The lowest BCUT2D eigenvalue weighted by atomic mass is 10.1. The van der Waals surface area contributed by atoms with Crippen LogP contribution in [0.5, 0.6) is 0 Å². The third-order valence-electron chi connectivity index (χ3n) is 2.11. The minimum atomic E-state index is 0.0553. The van der Waals surface area contributed by atoms with Crippen LogP contribution in [0.2, 0.25) is 5.15 Å². The Bertz CT molecular complexity index is 376. The topological polar surface area (TPSA) is 42.0 Å². The number of carbonyl (C=O) groups excluding carboxylic acids is 1. The molecule has 2 heterocycles. The van der Waals surface area contributed by atoms with Crippen molar-refractivity contribution in [1.29, 1.82) is 0 Å². The molecule has 0 aromatic carbocycles. The number of nitrogens with zero attached hydrogens (tertiary/aromatic N) is 1. The average molecular weight is 197 g/mol. The Labute approximate surface area is 81.1 Å². The summed E-state index contributed by atoms with van der Waals surface area (Å²) in [6, 6.07) is 1.76. The lowest BCUT2D eigenvalue weighted by molar-refractivity contribution is -0.116. The highest BCUT2D eigenvalue weighted by Crippen LogP contribution is 2.26. The van der Waals surface area contributed by atoms with Crippen molar-refractivity contribution in [3.05, 3.63) is 22.5 Å². The van der Waals surface area contributed by atoms with Crippen molar-refractivity contribution in [2.24, 2.45) is 0 Å². The fourth-order valence-corrected chi connectivity index (χ4v) is 1.75. The molecule has 4 heteroatoms. The first-order valence-electron chi connectivity index (χ1n) is 4.12. The molecule has 0 radical (unpaired) electrons. The molecule has 1 aromatic rings. The first kappa shape index (κ1) is 8.51. The molecule has 0 spiro atoms. The van der Waals surface area contributed by atoms with E-state index in [2.05, 4.69) is 10.3 Å². The number of anilines is 1. The van der Waals surface area contributed by atoms with Gasteiger partial charge in [0.2, 0.25) is 5.91 Å². The fourth-order valence-electron chi connectivity index (χ4n) is 1.48. The van der Waals surface area contributed by atoms with E-state index in [-0.39, 0.29) is 5.91 Å². The van der Waals surface area contributed by atoms with Gasteiger partial charge in [-0.15, -0.1) is 0 Å². The van der Waals surface area contributed by atoms with Gasteiger partial charge < -0.3 is 5.32 Å². The SMILES string of the molecule is Cc1cc(Cl)nc2c1NC(=O)CC2. The van der Waals surface area contributed by atoms with Gasteiger partial charge in [-0.05, 0) is 18.6 Å². The Hall–Kier alpha value is -1.09. The second-order valence-electron chi connectivity index (χ2n) is 3.13. The molecule has 1 aliphatic rings. The minimum absolute atomic E-state index is 0.0553. The van der Waals surface area contributed by atoms with Gasteiger partial charge in [0.05, 0.1) is 11.4 Å². The number of hydrogen-bond donors (Lipinski definition) is 1. The van der Waals surface area contributed by atoms with Crippen LogP contribution in [0.3, 0.4) is 0 Å². The number of rotatable bonds is 0. The molecule has 1 amide bonds. The predicted octanol–water partition coefficient (Wildman–Crippen LogP) is 1.93. The van der Waals surface area contributed by atoms with E-state index in [1.807, 2.05) is 6.92 Å². The monoisotopic (exact) mass is 196 g/mol. The van der Waals surface area contributed by atoms with Gasteiger partial charge in [0, 0.05) is 12.8 Å². The van der Waals surface area contributed by atoms with E-state index < -0.39 is 0 Å². The standard InChI is InChI=1S/C9H9ClN2O/c1-5-4-7(10)11-6-2-3-8(13)12-9(5)6/h4H,2-3H2,1H3,(H,12,13). The highest BCUT2D eigenvalue weighted by Gasteiger charge is 2.18. The largest absolute Gasteiger partial charge is 0.324 e. The lowest BCUT2D eigenvalue weighted by Gasteiger charge is -2.17. The van der Waals surface area contributed by atoms with Crippen molar-refractivity contribution in [3.8, 4) is 0 Å². The van der Waals surface area contributed by atoms with Crippen LogP contribution in [0.1, 0.15) is 17.7 Å². The van der Waals surface area contributed by atoms with Crippen molar-refractivity contribution < 1.29 is 4.79 Å². The zero-order valence-electron chi connectivity index (χ0n) is 7.22. The summed E-state index contributed by atoms with van der Waals surface area (Å²) < 4.78 is 0. The van der Waals surface area contributed by atoms with Gasteiger partial charge in [0.15, 0.2) is 0 Å². The molecular weight excluding hydrogens is 188 g/mol. The van der Waals surface area contributed by atoms with Crippen molar-refractivity contribution in [2.75, 3.05) is 5.32 Å². The summed E-state index contributed by atoms with van der Waals surface area (Å²) in [4.78, 5) is 15.3. The molecule has 68 valence electrons. The number of aryl methyl sites for hydroxylation is 2. The molecule has 0 unspecified atom stereocenters.